The monoisotopic (exact) mass is 421 g/mol. The van der Waals surface area contributed by atoms with Crippen molar-refractivity contribution in [3.05, 3.63) is 28.8 Å². The summed E-state index contributed by atoms with van der Waals surface area (Å²) in [5.74, 6) is -0.587. The Morgan fingerprint density at radius 3 is 2.57 bits per heavy atom. The highest BCUT2D eigenvalue weighted by atomic mass is 35.5. The van der Waals surface area contributed by atoms with Gasteiger partial charge in [0, 0.05) is 28.2 Å². The van der Waals surface area contributed by atoms with Gasteiger partial charge in [0.1, 0.15) is 11.8 Å². The van der Waals surface area contributed by atoms with Crippen LogP contribution in [-0.2, 0) is 20.8 Å². The van der Waals surface area contributed by atoms with Crippen molar-refractivity contribution in [2.45, 2.75) is 49.5 Å². The van der Waals surface area contributed by atoms with Gasteiger partial charge >= 0.3 is 5.97 Å². The molecule has 4 saturated carbocycles. The second-order valence-corrected chi connectivity index (χ2v) is 9.84. The van der Waals surface area contributed by atoms with Crippen molar-refractivity contribution in [2.75, 3.05) is 6.26 Å². The molecule has 1 amide bonds. The fourth-order valence-corrected chi connectivity index (χ4v) is 6.25. The number of halogens is 1. The van der Waals surface area contributed by atoms with Gasteiger partial charge in [0.05, 0.1) is 5.41 Å². The number of aliphatic carboxylic acids is 1. The highest BCUT2D eigenvalue weighted by Crippen LogP contribution is 2.58. The van der Waals surface area contributed by atoms with Gasteiger partial charge in [0.2, 0.25) is 5.91 Å². The molecule has 5 nitrogen and oxygen atoms in total. The lowest BCUT2D eigenvalue weighted by Gasteiger charge is -2.54. The molecule has 3 atom stereocenters. The molecule has 28 heavy (non-hydrogen) atoms. The zero-order valence-corrected chi connectivity index (χ0v) is 17.3. The maximum atomic E-state index is 13.2. The Bertz CT molecular complexity index is 824. The smallest absolute Gasteiger partial charge is 0.326 e. The minimum atomic E-state index is -1.07. The third-order valence-electron chi connectivity index (χ3n) is 6.76. The minimum absolute atomic E-state index is 0.0204. The molecule has 4 aliphatic carbocycles. The molecular formula is C21H24ClNO4S. The first-order valence-corrected chi connectivity index (χ1v) is 11.3. The lowest BCUT2D eigenvalue weighted by atomic mass is 9.49. The normalized spacial score (nSPS) is 31.6. The summed E-state index contributed by atoms with van der Waals surface area (Å²) < 4.78 is 0. The van der Waals surface area contributed by atoms with E-state index >= 15 is 0 Å². The average molecular weight is 422 g/mol. The zero-order chi connectivity index (χ0) is 20.1. The number of Topliss-reactive ketones (excluding diaryl/α,β-unsaturated/α-hetero) is 1. The number of carboxylic acids is 1. The van der Waals surface area contributed by atoms with Gasteiger partial charge in [-0.2, -0.15) is 0 Å². The third-order valence-corrected chi connectivity index (χ3v) is 7.85. The Balaban J connectivity index is 1.52. The van der Waals surface area contributed by atoms with E-state index in [9.17, 15) is 19.5 Å². The molecule has 5 rings (SSSR count). The molecule has 1 aromatic carbocycles. The summed E-state index contributed by atoms with van der Waals surface area (Å²) in [4.78, 5) is 38.4. The van der Waals surface area contributed by atoms with E-state index in [0.717, 1.165) is 24.2 Å². The quantitative estimate of drug-likeness (QED) is 0.686. The summed E-state index contributed by atoms with van der Waals surface area (Å²) in [6.45, 7) is 0. The number of carbonyl (C=O) groups excluding carboxylic acids is 2. The van der Waals surface area contributed by atoms with Crippen molar-refractivity contribution in [3.63, 3.8) is 0 Å². The van der Waals surface area contributed by atoms with E-state index in [1.54, 1.807) is 17.8 Å². The number of hydrogen-bond donors (Lipinski definition) is 2. The van der Waals surface area contributed by atoms with Crippen LogP contribution in [0.4, 0.5) is 0 Å². The van der Waals surface area contributed by atoms with Gasteiger partial charge in [-0.3, -0.25) is 9.59 Å². The predicted octanol–water partition coefficient (Wildman–Crippen LogP) is 3.57. The van der Waals surface area contributed by atoms with Gasteiger partial charge in [-0.05, 0) is 68.0 Å². The van der Waals surface area contributed by atoms with Gasteiger partial charge in [0.25, 0.3) is 0 Å². The molecule has 150 valence electrons. The summed E-state index contributed by atoms with van der Waals surface area (Å²) in [5.41, 5.74) is 0.130. The van der Waals surface area contributed by atoms with Crippen molar-refractivity contribution in [1.82, 2.24) is 5.32 Å². The van der Waals surface area contributed by atoms with Crippen molar-refractivity contribution in [2.24, 2.45) is 23.2 Å². The molecular weight excluding hydrogens is 398 g/mol. The number of ketones is 1. The topological polar surface area (TPSA) is 83.5 Å². The summed E-state index contributed by atoms with van der Waals surface area (Å²) in [6.07, 6.45) is 5.78. The Morgan fingerprint density at radius 1 is 1.29 bits per heavy atom. The van der Waals surface area contributed by atoms with Crippen LogP contribution in [0.5, 0.6) is 0 Å². The predicted molar refractivity (Wildman–Crippen MR) is 107 cm³/mol. The van der Waals surface area contributed by atoms with Gasteiger partial charge in [-0.25, -0.2) is 4.79 Å². The molecule has 0 aromatic heterocycles. The van der Waals surface area contributed by atoms with E-state index in [0.29, 0.717) is 35.1 Å². The fraction of sp³-hybridized carbons (Fsp3) is 0.571. The Morgan fingerprint density at radius 2 is 1.96 bits per heavy atom. The summed E-state index contributed by atoms with van der Waals surface area (Å²) in [7, 11) is 0. The first-order chi connectivity index (χ1) is 13.3. The number of carboxylic acid groups (broad SMARTS) is 1. The third kappa shape index (κ3) is 3.45. The van der Waals surface area contributed by atoms with Gasteiger partial charge in [-0.15, -0.1) is 11.8 Å². The van der Waals surface area contributed by atoms with Gasteiger partial charge in [0.15, 0.2) is 0 Å². The molecule has 0 spiro atoms. The van der Waals surface area contributed by atoms with Crippen LogP contribution in [0.15, 0.2) is 23.1 Å². The molecule has 0 radical (unpaired) electrons. The molecule has 3 unspecified atom stereocenters. The maximum Gasteiger partial charge on any atom is 0.326 e. The van der Waals surface area contributed by atoms with Crippen molar-refractivity contribution in [3.8, 4) is 0 Å². The van der Waals surface area contributed by atoms with Crippen molar-refractivity contribution in [1.29, 1.82) is 0 Å². The van der Waals surface area contributed by atoms with Crippen LogP contribution in [0, 0.1) is 23.2 Å². The van der Waals surface area contributed by atoms with Crippen LogP contribution >= 0.6 is 23.4 Å². The average Bonchev–Trinajstić information content (AvgIpc) is 2.66. The van der Waals surface area contributed by atoms with Crippen LogP contribution in [0.25, 0.3) is 0 Å². The fourth-order valence-electron chi connectivity index (χ4n) is 5.59. The highest BCUT2D eigenvalue weighted by Gasteiger charge is 2.58. The van der Waals surface area contributed by atoms with Crippen LogP contribution in [0.2, 0.25) is 5.02 Å². The molecule has 0 heterocycles. The van der Waals surface area contributed by atoms with E-state index in [1.165, 1.54) is 0 Å². The molecule has 7 heteroatoms. The molecule has 4 aliphatic rings. The first kappa shape index (κ1) is 19.8. The minimum Gasteiger partial charge on any atom is -0.480 e. The second-order valence-electron chi connectivity index (χ2n) is 8.55. The zero-order valence-electron chi connectivity index (χ0n) is 15.7. The lowest BCUT2D eigenvalue weighted by Crippen LogP contribution is -2.59. The number of amides is 1. The number of carbonyl (C=O) groups is 3. The number of nitrogens with one attached hydrogen (secondary N) is 1. The van der Waals surface area contributed by atoms with E-state index in [1.807, 2.05) is 18.4 Å². The van der Waals surface area contributed by atoms with Crippen molar-refractivity contribution >= 4 is 41.0 Å². The molecule has 2 N–H and O–H groups in total. The number of thioether (sulfide) groups is 1. The van der Waals surface area contributed by atoms with Gasteiger partial charge < -0.3 is 10.4 Å². The standard InChI is InChI=1S/C21H24ClNO4S/c1-28-15-2-3-16(22)12(6-15)7-17(19(25)26)23-20(27)21-8-11-4-13(9-21)18(24)14(5-11)10-21/h2-3,6,11,13-14,17H,4-5,7-10H2,1H3,(H,23,27)(H,25,26). The van der Waals surface area contributed by atoms with Crippen LogP contribution in [-0.4, -0.2) is 35.1 Å². The molecule has 1 aromatic rings. The van der Waals surface area contributed by atoms with Crippen LogP contribution in [0.1, 0.15) is 37.7 Å². The number of hydrogen-bond acceptors (Lipinski definition) is 4. The first-order valence-electron chi connectivity index (χ1n) is 9.71. The molecule has 4 fully saturated rings. The summed E-state index contributed by atoms with van der Waals surface area (Å²) >= 11 is 7.81. The van der Waals surface area contributed by atoms with Crippen LogP contribution in [0.3, 0.4) is 0 Å². The number of benzene rings is 1. The van der Waals surface area contributed by atoms with E-state index < -0.39 is 17.4 Å². The molecule has 4 bridgehead atoms. The number of rotatable bonds is 6. The highest BCUT2D eigenvalue weighted by molar-refractivity contribution is 7.98. The van der Waals surface area contributed by atoms with E-state index in [-0.39, 0.29) is 24.2 Å². The Hall–Kier alpha value is -1.53. The van der Waals surface area contributed by atoms with Crippen LogP contribution < -0.4 is 5.32 Å². The summed E-state index contributed by atoms with van der Waals surface area (Å²) in [5, 5.41) is 13.0. The maximum absolute atomic E-state index is 13.2. The van der Waals surface area contributed by atoms with Crippen molar-refractivity contribution < 1.29 is 19.5 Å². The van der Waals surface area contributed by atoms with Gasteiger partial charge in [-0.1, -0.05) is 11.6 Å². The Labute approximate surface area is 173 Å². The van der Waals surface area contributed by atoms with E-state index in [2.05, 4.69) is 5.32 Å². The SMILES string of the molecule is CSc1ccc(Cl)c(CC(NC(=O)C23CC4CC(C2)C(=O)C(C4)C3)C(=O)O)c1. The molecule has 0 aliphatic heterocycles. The Kier molecular flexibility index (Phi) is 5.21. The lowest BCUT2D eigenvalue weighted by molar-refractivity contribution is -0.159. The second kappa shape index (κ2) is 7.38. The largest absolute Gasteiger partial charge is 0.480 e. The summed E-state index contributed by atoms with van der Waals surface area (Å²) in [6, 6.07) is 4.48. The molecule has 0 saturated heterocycles. The van der Waals surface area contributed by atoms with E-state index in [4.69, 9.17) is 11.6 Å².